The van der Waals surface area contributed by atoms with Gasteiger partial charge in [-0.25, -0.2) is 0 Å². The summed E-state index contributed by atoms with van der Waals surface area (Å²) in [5, 5.41) is 9.57. The molecule has 0 heterocycles. The van der Waals surface area contributed by atoms with Crippen LogP contribution < -0.4 is 0 Å². The molecule has 0 spiro atoms. The highest BCUT2D eigenvalue weighted by atomic mass is 16.6. The van der Waals surface area contributed by atoms with Crippen molar-refractivity contribution in [3.05, 3.63) is 60.8 Å². The number of carbonyl (C=O) groups excluding carboxylic acids is 1. The lowest BCUT2D eigenvalue weighted by Crippen LogP contribution is -2.27. The SMILES string of the molecule is CCCCC/C=C\C/C=C\C/C=C\CCCCCCCCCOCC(CO)OC(=O)CCCCCCC/C=C\C/C=C\CCCCC. The summed E-state index contributed by atoms with van der Waals surface area (Å²) in [5.41, 5.74) is 0. The van der Waals surface area contributed by atoms with Crippen LogP contribution in [0.2, 0.25) is 0 Å². The molecule has 4 heteroatoms. The van der Waals surface area contributed by atoms with Gasteiger partial charge in [-0.15, -0.1) is 0 Å². The van der Waals surface area contributed by atoms with Gasteiger partial charge in [-0.1, -0.05) is 152 Å². The molecule has 0 aromatic carbocycles. The van der Waals surface area contributed by atoms with Gasteiger partial charge < -0.3 is 14.6 Å². The van der Waals surface area contributed by atoms with Crippen molar-refractivity contribution < 1.29 is 19.4 Å². The van der Waals surface area contributed by atoms with E-state index in [0.29, 0.717) is 13.0 Å². The van der Waals surface area contributed by atoms with E-state index in [1.165, 1.54) is 103 Å². The second-order valence-corrected chi connectivity index (χ2v) is 13.0. The summed E-state index contributed by atoms with van der Waals surface area (Å²) >= 11 is 0. The number of unbranched alkanes of at least 4 members (excludes halogenated alkanes) is 18. The first-order valence-electron chi connectivity index (χ1n) is 19.9. The van der Waals surface area contributed by atoms with Gasteiger partial charge in [-0.3, -0.25) is 4.79 Å². The van der Waals surface area contributed by atoms with Crippen LogP contribution in [0.15, 0.2) is 60.8 Å². The quantitative estimate of drug-likeness (QED) is 0.0414. The largest absolute Gasteiger partial charge is 0.457 e. The van der Waals surface area contributed by atoms with Crippen molar-refractivity contribution in [2.75, 3.05) is 19.8 Å². The summed E-state index contributed by atoms with van der Waals surface area (Å²) in [4.78, 5) is 12.2. The molecule has 0 aliphatic heterocycles. The molecule has 4 nitrogen and oxygen atoms in total. The van der Waals surface area contributed by atoms with E-state index in [1.54, 1.807) is 0 Å². The Bertz CT molecular complexity index is 779. The molecule has 0 aromatic heterocycles. The number of hydrogen-bond donors (Lipinski definition) is 1. The molecule has 1 N–H and O–H groups in total. The Hall–Kier alpha value is -1.91. The highest BCUT2D eigenvalue weighted by molar-refractivity contribution is 5.69. The molecule has 0 saturated carbocycles. The summed E-state index contributed by atoms with van der Waals surface area (Å²) in [7, 11) is 0. The molecule has 47 heavy (non-hydrogen) atoms. The van der Waals surface area contributed by atoms with E-state index >= 15 is 0 Å². The first kappa shape index (κ1) is 45.1. The minimum atomic E-state index is -0.548. The Balaban J connectivity index is 3.50. The van der Waals surface area contributed by atoms with Crippen LogP contribution in [0, 0.1) is 0 Å². The lowest BCUT2D eigenvalue weighted by atomic mass is 10.1. The van der Waals surface area contributed by atoms with E-state index in [-0.39, 0.29) is 19.2 Å². The van der Waals surface area contributed by atoms with E-state index in [9.17, 15) is 9.90 Å². The van der Waals surface area contributed by atoms with Gasteiger partial charge in [-0.2, -0.15) is 0 Å². The van der Waals surface area contributed by atoms with Gasteiger partial charge in [0.25, 0.3) is 0 Å². The summed E-state index contributed by atoms with van der Waals surface area (Å²) < 4.78 is 11.1. The zero-order valence-corrected chi connectivity index (χ0v) is 31.0. The molecule has 1 atom stereocenters. The second kappa shape index (κ2) is 40.3. The molecule has 0 fully saturated rings. The van der Waals surface area contributed by atoms with Gasteiger partial charge in [0.05, 0.1) is 13.2 Å². The molecule has 0 amide bonds. The Morgan fingerprint density at radius 3 is 1.34 bits per heavy atom. The number of hydrogen-bond acceptors (Lipinski definition) is 4. The monoisotopic (exact) mass is 657 g/mol. The van der Waals surface area contributed by atoms with Crippen LogP contribution in [0.25, 0.3) is 0 Å². The fourth-order valence-corrected chi connectivity index (χ4v) is 5.30. The van der Waals surface area contributed by atoms with Crippen molar-refractivity contribution in [1.29, 1.82) is 0 Å². The smallest absolute Gasteiger partial charge is 0.306 e. The maximum absolute atomic E-state index is 12.2. The van der Waals surface area contributed by atoms with Crippen molar-refractivity contribution >= 4 is 5.97 Å². The van der Waals surface area contributed by atoms with Crippen molar-refractivity contribution in [3.8, 4) is 0 Å². The molecule has 0 saturated heterocycles. The normalized spacial score (nSPS) is 13.0. The molecular formula is C43H76O4. The van der Waals surface area contributed by atoms with Gasteiger partial charge in [0.1, 0.15) is 6.10 Å². The van der Waals surface area contributed by atoms with Crippen molar-refractivity contribution in [3.63, 3.8) is 0 Å². The summed E-state index contributed by atoms with van der Waals surface area (Å²) in [6.07, 6.45) is 52.6. The molecule has 272 valence electrons. The molecule has 0 aliphatic rings. The Labute approximate surface area is 292 Å². The summed E-state index contributed by atoms with van der Waals surface area (Å²) in [6.45, 7) is 5.25. The highest BCUT2D eigenvalue weighted by Crippen LogP contribution is 2.11. The van der Waals surface area contributed by atoms with Crippen molar-refractivity contribution in [2.24, 2.45) is 0 Å². The maximum Gasteiger partial charge on any atom is 0.306 e. The predicted molar refractivity (Wildman–Crippen MR) is 205 cm³/mol. The van der Waals surface area contributed by atoms with Crippen molar-refractivity contribution in [2.45, 2.75) is 187 Å². The van der Waals surface area contributed by atoms with E-state index in [0.717, 1.165) is 57.8 Å². The van der Waals surface area contributed by atoms with Gasteiger partial charge in [0, 0.05) is 13.0 Å². The van der Waals surface area contributed by atoms with E-state index < -0.39 is 6.10 Å². The van der Waals surface area contributed by atoms with E-state index in [4.69, 9.17) is 9.47 Å². The van der Waals surface area contributed by atoms with Crippen LogP contribution in [0.3, 0.4) is 0 Å². The van der Waals surface area contributed by atoms with Crippen LogP contribution in [0.1, 0.15) is 181 Å². The number of rotatable bonds is 36. The van der Waals surface area contributed by atoms with Crippen LogP contribution in [-0.4, -0.2) is 37.0 Å². The standard InChI is InChI=1S/C43H76O4/c1-3-5-7-9-11-13-15-17-19-20-21-22-23-25-27-29-31-33-35-37-39-46-41-42(40-44)47-43(45)38-36-34-32-30-28-26-24-18-16-14-12-10-8-6-4-2/h11-14,17-19,21-22,24,42,44H,3-10,15-16,20,23,25-41H2,1-2H3/b13-11-,14-12-,19-17-,22-21-,24-18-. The van der Waals surface area contributed by atoms with Gasteiger partial charge in [0.2, 0.25) is 0 Å². The van der Waals surface area contributed by atoms with Crippen LogP contribution >= 0.6 is 0 Å². The summed E-state index contributed by atoms with van der Waals surface area (Å²) in [6, 6.07) is 0. The Morgan fingerprint density at radius 2 is 0.894 bits per heavy atom. The number of carbonyl (C=O) groups is 1. The molecule has 0 aliphatic carbocycles. The fourth-order valence-electron chi connectivity index (χ4n) is 5.30. The third-order valence-electron chi connectivity index (χ3n) is 8.32. The maximum atomic E-state index is 12.2. The van der Waals surface area contributed by atoms with Crippen molar-refractivity contribution in [1.82, 2.24) is 0 Å². The molecule has 0 aromatic rings. The predicted octanol–water partition coefficient (Wildman–Crippen LogP) is 12.9. The van der Waals surface area contributed by atoms with Gasteiger partial charge in [-0.05, 0) is 83.5 Å². The lowest BCUT2D eigenvalue weighted by Gasteiger charge is -2.15. The molecular weight excluding hydrogens is 580 g/mol. The fraction of sp³-hybridized carbons (Fsp3) is 0.744. The second-order valence-electron chi connectivity index (χ2n) is 13.0. The lowest BCUT2D eigenvalue weighted by molar-refractivity contribution is -0.154. The van der Waals surface area contributed by atoms with Gasteiger partial charge >= 0.3 is 5.97 Å². The molecule has 1 unspecified atom stereocenters. The van der Waals surface area contributed by atoms with Crippen LogP contribution in [0.5, 0.6) is 0 Å². The van der Waals surface area contributed by atoms with E-state index in [2.05, 4.69) is 74.6 Å². The number of aliphatic hydroxyl groups excluding tert-OH is 1. The third kappa shape index (κ3) is 38.4. The molecule has 0 rings (SSSR count). The first-order chi connectivity index (χ1) is 23.2. The number of aliphatic hydroxyl groups is 1. The topological polar surface area (TPSA) is 55.8 Å². The van der Waals surface area contributed by atoms with Crippen LogP contribution in [0.4, 0.5) is 0 Å². The first-order valence-corrected chi connectivity index (χ1v) is 19.9. The number of ether oxygens (including phenoxy) is 2. The average molecular weight is 657 g/mol. The minimum Gasteiger partial charge on any atom is -0.457 e. The highest BCUT2D eigenvalue weighted by Gasteiger charge is 2.13. The van der Waals surface area contributed by atoms with Crippen LogP contribution in [-0.2, 0) is 14.3 Å². The zero-order chi connectivity index (χ0) is 34.1. The summed E-state index contributed by atoms with van der Waals surface area (Å²) in [5.74, 6) is -0.220. The Morgan fingerprint density at radius 1 is 0.511 bits per heavy atom. The Kier molecular flexibility index (Phi) is 38.6. The third-order valence-corrected chi connectivity index (χ3v) is 8.32. The van der Waals surface area contributed by atoms with E-state index in [1.807, 2.05) is 0 Å². The number of esters is 1. The van der Waals surface area contributed by atoms with Gasteiger partial charge in [0.15, 0.2) is 0 Å². The zero-order valence-electron chi connectivity index (χ0n) is 31.0. The number of allylic oxidation sites excluding steroid dienone is 10. The molecule has 0 bridgehead atoms. The minimum absolute atomic E-state index is 0.184. The molecule has 0 radical (unpaired) electrons. The average Bonchev–Trinajstić information content (AvgIpc) is 3.08.